The van der Waals surface area contributed by atoms with Gasteiger partial charge in [-0.25, -0.2) is 0 Å². The summed E-state index contributed by atoms with van der Waals surface area (Å²) >= 11 is 6.18. The SMILES string of the molecule is Cc1cc(N)c2cc(NC(=O)/C=C/C3C=CC=CC3Cl)ccc2n1. The number of fused-ring (bicyclic) bond motifs is 1. The monoisotopic (exact) mass is 339 g/mol. The fourth-order valence-electron chi connectivity index (χ4n) is 2.62. The number of aromatic nitrogens is 1. The highest BCUT2D eigenvalue weighted by Crippen LogP contribution is 2.24. The number of nitrogens with one attached hydrogen (secondary N) is 1. The van der Waals surface area contributed by atoms with Crippen LogP contribution in [-0.4, -0.2) is 16.3 Å². The molecule has 122 valence electrons. The summed E-state index contributed by atoms with van der Waals surface area (Å²) in [4.78, 5) is 16.5. The molecule has 24 heavy (non-hydrogen) atoms. The van der Waals surface area contributed by atoms with E-state index in [4.69, 9.17) is 17.3 Å². The second-order valence-corrected chi connectivity index (χ2v) is 6.23. The van der Waals surface area contributed by atoms with Gasteiger partial charge >= 0.3 is 0 Å². The Morgan fingerprint density at radius 1 is 1.29 bits per heavy atom. The lowest BCUT2D eigenvalue weighted by Crippen LogP contribution is -2.12. The van der Waals surface area contributed by atoms with Gasteiger partial charge in [0.1, 0.15) is 0 Å². The molecular weight excluding hydrogens is 322 g/mol. The van der Waals surface area contributed by atoms with Crippen molar-refractivity contribution in [2.45, 2.75) is 12.3 Å². The summed E-state index contributed by atoms with van der Waals surface area (Å²) in [6.07, 6.45) is 11.0. The van der Waals surface area contributed by atoms with Gasteiger partial charge in [0, 0.05) is 28.4 Å². The molecule has 0 fully saturated rings. The van der Waals surface area contributed by atoms with E-state index in [1.54, 1.807) is 6.08 Å². The third-order valence-corrected chi connectivity index (χ3v) is 4.25. The summed E-state index contributed by atoms with van der Waals surface area (Å²) in [5.74, 6) is -0.193. The van der Waals surface area contributed by atoms with E-state index in [-0.39, 0.29) is 17.2 Å². The molecule has 0 saturated heterocycles. The number of benzene rings is 1. The Balaban J connectivity index is 1.73. The number of hydrogen-bond acceptors (Lipinski definition) is 3. The van der Waals surface area contributed by atoms with Crippen molar-refractivity contribution in [2.24, 2.45) is 5.92 Å². The molecule has 3 rings (SSSR count). The minimum atomic E-state index is -0.209. The molecule has 2 unspecified atom stereocenters. The Hall–Kier alpha value is -2.59. The summed E-state index contributed by atoms with van der Waals surface area (Å²) in [5, 5.41) is 3.53. The van der Waals surface area contributed by atoms with Gasteiger partial charge in [0.15, 0.2) is 0 Å². The predicted octanol–water partition coefficient (Wildman–Crippen LogP) is 3.97. The number of carbonyl (C=O) groups excluding carboxylic acids is 1. The largest absolute Gasteiger partial charge is 0.398 e. The highest BCUT2D eigenvalue weighted by atomic mass is 35.5. The first-order valence-electron chi connectivity index (χ1n) is 7.68. The Morgan fingerprint density at radius 2 is 2.08 bits per heavy atom. The number of allylic oxidation sites excluding steroid dienone is 5. The van der Waals surface area contributed by atoms with Crippen LogP contribution in [0.15, 0.2) is 60.7 Å². The Labute approximate surface area is 145 Å². The molecule has 1 aliphatic rings. The minimum Gasteiger partial charge on any atom is -0.398 e. The predicted molar refractivity (Wildman–Crippen MR) is 100 cm³/mol. The molecule has 4 nitrogen and oxygen atoms in total. The molecule has 3 N–H and O–H groups in total. The van der Waals surface area contributed by atoms with Crippen LogP contribution in [0.4, 0.5) is 11.4 Å². The number of alkyl halides is 1. The van der Waals surface area contributed by atoms with Crippen molar-refractivity contribution in [1.29, 1.82) is 0 Å². The van der Waals surface area contributed by atoms with Gasteiger partial charge in [-0.2, -0.15) is 0 Å². The number of nitrogens with two attached hydrogens (primary N) is 1. The third kappa shape index (κ3) is 3.66. The number of pyridine rings is 1. The first-order chi connectivity index (χ1) is 11.5. The summed E-state index contributed by atoms with van der Waals surface area (Å²) in [6, 6.07) is 7.31. The quantitative estimate of drug-likeness (QED) is 0.656. The molecule has 1 aromatic heterocycles. The lowest BCUT2D eigenvalue weighted by atomic mass is 10.00. The molecule has 5 heteroatoms. The van der Waals surface area contributed by atoms with Crippen molar-refractivity contribution in [3.8, 4) is 0 Å². The maximum atomic E-state index is 12.1. The highest BCUT2D eigenvalue weighted by Gasteiger charge is 2.13. The van der Waals surface area contributed by atoms with E-state index < -0.39 is 0 Å². The van der Waals surface area contributed by atoms with Crippen molar-refractivity contribution >= 4 is 39.8 Å². The highest BCUT2D eigenvalue weighted by molar-refractivity contribution is 6.22. The van der Waals surface area contributed by atoms with Crippen LogP contribution in [0.5, 0.6) is 0 Å². The van der Waals surface area contributed by atoms with E-state index in [1.165, 1.54) is 6.08 Å². The molecule has 2 aromatic rings. The van der Waals surface area contributed by atoms with Gasteiger partial charge in [-0.1, -0.05) is 30.4 Å². The zero-order valence-electron chi connectivity index (χ0n) is 13.2. The summed E-state index contributed by atoms with van der Waals surface area (Å²) < 4.78 is 0. The maximum absolute atomic E-state index is 12.1. The summed E-state index contributed by atoms with van der Waals surface area (Å²) in [7, 11) is 0. The van der Waals surface area contributed by atoms with Crippen LogP contribution in [-0.2, 0) is 4.79 Å². The number of carbonyl (C=O) groups is 1. The average molecular weight is 340 g/mol. The smallest absolute Gasteiger partial charge is 0.248 e. The Morgan fingerprint density at radius 3 is 2.88 bits per heavy atom. The first kappa shape index (κ1) is 16.3. The standard InChI is InChI=1S/C19H18ClN3O/c1-12-10-17(21)15-11-14(7-8-18(15)22-12)23-19(24)9-6-13-4-2-3-5-16(13)20/h2-11,13,16H,1H3,(H2,21,22)(H,23,24)/b9-6+. The number of aryl methyl sites for hydroxylation is 1. The molecular formula is C19H18ClN3O. The molecule has 1 heterocycles. The number of nitrogens with zero attached hydrogens (tertiary/aromatic N) is 1. The van der Waals surface area contributed by atoms with Crippen molar-refractivity contribution in [3.63, 3.8) is 0 Å². The van der Waals surface area contributed by atoms with E-state index in [9.17, 15) is 4.79 Å². The number of anilines is 2. The van der Waals surface area contributed by atoms with Gasteiger partial charge < -0.3 is 11.1 Å². The second-order valence-electron chi connectivity index (χ2n) is 5.72. The van der Waals surface area contributed by atoms with Crippen LogP contribution in [0.25, 0.3) is 10.9 Å². The van der Waals surface area contributed by atoms with Crippen molar-refractivity contribution in [1.82, 2.24) is 4.98 Å². The van der Waals surface area contributed by atoms with Crippen LogP contribution in [0.1, 0.15) is 5.69 Å². The first-order valence-corrected chi connectivity index (χ1v) is 8.12. The van der Waals surface area contributed by atoms with Gasteiger partial charge in [0.25, 0.3) is 0 Å². The summed E-state index contributed by atoms with van der Waals surface area (Å²) in [5.41, 5.74) is 9.03. The van der Waals surface area contributed by atoms with Gasteiger partial charge in [-0.3, -0.25) is 9.78 Å². The Kier molecular flexibility index (Phi) is 4.67. The molecule has 0 radical (unpaired) electrons. The molecule has 1 aliphatic carbocycles. The Bertz CT molecular complexity index is 870. The van der Waals surface area contributed by atoms with Crippen LogP contribution in [0.2, 0.25) is 0 Å². The maximum Gasteiger partial charge on any atom is 0.248 e. The van der Waals surface area contributed by atoms with Gasteiger partial charge in [-0.15, -0.1) is 11.6 Å². The van der Waals surface area contributed by atoms with Crippen molar-refractivity contribution in [2.75, 3.05) is 11.1 Å². The summed E-state index contributed by atoms with van der Waals surface area (Å²) in [6.45, 7) is 1.90. The zero-order chi connectivity index (χ0) is 17.1. The van der Waals surface area contributed by atoms with Gasteiger partial charge in [0.05, 0.1) is 10.9 Å². The van der Waals surface area contributed by atoms with Crippen LogP contribution < -0.4 is 11.1 Å². The fraction of sp³-hybridized carbons (Fsp3) is 0.158. The van der Waals surface area contributed by atoms with E-state index in [0.29, 0.717) is 11.4 Å². The molecule has 1 aromatic carbocycles. The average Bonchev–Trinajstić information content (AvgIpc) is 2.54. The molecule has 2 atom stereocenters. The van der Waals surface area contributed by atoms with Crippen LogP contribution >= 0.6 is 11.6 Å². The van der Waals surface area contributed by atoms with E-state index in [2.05, 4.69) is 10.3 Å². The molecule has 0 spiro atoms. The van der Waals surface area contributed by atoms with E-state index in [0.717, 1.165) is 16.6 Å². The zero-order valence-corrected chi connectivity index (χ0v) is 14.0. The number of nitrogen functional groups attached to an aromatic ring is 1. The minimum absolute atomic E-state index is 0.0156. The van der Waals surface area contributed by atoms with E-state index >= 15 is 0 Å². The lowest BCUT2D eigenvalue weighted by Gasteiger charge is -2.14. The molecule has 0 bridgehead atoms. The normalized spacial score (nSPS) is 19.9. The topological polar surface area (TPSA) is 68.0 Å². The second kappa shape index (κ2) is 6.89. The number of rotatable bonds is 3. The van der Waals surface area contributed by atoms with Gasteiger partial charge in [-0.05, 0) is 37.3 Å². The molecule has 0 saturated carbocycles. The number of hydrogen-bond donors (Lipinski definition) is 2. The van der Waals surface area contributed by atoms with E-state index in [1.807, 2.05) is 55.5 Å². The third-order valence-electron chi connectivity index (χ3n) is 3.81. The molecule has 0 aliphatic heterocycles. The van der Waals surface area contributed by atoms with Crippen molar-refractivity contribution in [3.05, 3.63) is 66.4 Å². The lowest BCUT2D eigenvalue weighted by molar-refractivity contribution is -0.111. The van der Waals surface area contributed by atoms with Crippen LogP contribution in [0, 0.1) is 12.8 Å². The van der Waals surface area contributed by atoms with Gasteiger partial charge in [0.2, 0.25) is 5.91 Å². The van der Waals surface area contributed by atoms with Crippen LogP contribution in [0.3, 0.4) is 0 Å². The number of halogens is 1. The number of amides is 1. The fourth-order valence-corrected chi connectivity index (χ4v) is 2.87. The van der Waals surface area contributed by atoms with Crippen molar-refractivity contribution < 1.29 is 4.79 Å². The molecule has 1 amide bonds.